The molecule has 1 aromatic heterocycles. The lowest BCUT2D eigenvalue weighted by Crippen LogP contribution is -2.24. The van der Waals surface area contributed by atoms with Crippen LogP contribution in [0.5, 0.6) is 0 Å². The molecule has 0 aromatic carbocycles. The van der Waals surface area contributed by atoms with Crippen molar-refractivity contribution in [1.82, 2.24) is 4.98 Å². The first-order valence-corrected chi connectivity index (χ1v) is 6.57. The van der Waals surface area contributed by atoms with Crippen LogP contribution in [0, 0.1) is 0 Å². The number of pyridine rings is 1. The molecule has 8 heteroatoms. The van der Waals surface area contributed by atoms with Gasteiger partial charge in [0, 0.05) is 0 Å². The highest BCUT2D eigenvalue weighted by molar-refractivity contribution is 9.10. The second-order valence-corrected chi connectivity index (χ2v) is 5.32. The molecule has 0 aliphatic heterocycles. The molecule has 0 spiro atoms. The van der Waals surface area contributed by atoms with Gasteiger partial charge in [-0.15, -0.1) is 0 Å². The van der Waals surface area contributed by atoms with E-state index in [4.69, 9.17) is 0 Å². The Bertz CT molecular complexity index is 489. The lowest BCUT2D eigenvalue weighted by atomic mass is 10.5. The van der Waals surface area contributed by atoms with E-state index in [0.29, 0.717) is 4.60 Å². The highest BCUT2D eigenvalue weighted by Gasteiger charge is 2.17. The Morgan fingerprint density at radius 3 is 2.81 bits per heavy atom. The van der Waals surface area contributed by atoms with Crippen LogP contribution >= 0.6 is 15.9 Å². The van der Waals surface area contributed by atoms with E-state index in [1.165, 1.54) is 6.07 Å². The summed E-state index contributed by atoms with van der Waals surface area (Å²) in [6.07, 6.45) is 0. The average Bonchev–Trinajstić information content (AvgIpc) is 2.15. The van der Waals surface area contributed by atoms with E-state index in [2.05, 4.69) is 30.4 Å². The Balaban J connectivity index is 2.77. The average molecular weight is 309 g/mol. The van der Waals surface area contributed by atoms with Gasteiger partial charge < -0.3 is 4.74 Å². The van der Waals surface area contributed by atoms with Crippen LogP contribution in [-0.2, 0) is 19.6 Å². The highest BCUT2D eigenvalue weighted by Crippen LogP contribution is 2.11. The van der Waals surface area contributed by atoms with Gasteiger partial charge in [0.15, 0.2) is 5.75 Å². The van der Waals surface area contributed by atoms with E-state index in [-0.39, 0.29) is 5.82 Å². The molecule has 0 fully saturated rings. The molecular weight excluding hydrogens is 300 g/mol. The normalized spacial score (nSPS) is 10.9. The van der Waals surface area contributed by atoms with Gasteiger partial charge in [-0.25, -0.2) is 13.4 Å². The van der Waals surface area contributed by atoms with E-state index < -0.39 is 21.7 Å². The number of aromatic nitrogens is 1. The number of hydrogen-bond acceptors (Lipinski definition) is 5. The van der Waals surface area contributed by atoms with Crippen LogP contribution in [0.2, 0.25) is 0 Å². The van der Waals surface area contributed by atoms with Crippen molar-refractivity contribution in [2.45, 2.75) is 0 Å². The fraction of sp³-hybridized carbons (Fsp3) is 0.250. The molecule has 0 radical (unpaired) electrons. The van der Waals surface area contributed by atoms with Crippen molar-refractivity contribution in [2.75, 3.05) is 17.6 Å². The molecule has 0 atom stereocenters. The highest BCUT2D eigenvalue weighted by atomic mass is 79.9. The summed E-state index contributed by atoms with van der Waals surface area (Å²) in [5, 5.41) is 0. The lowest BCUT2D eigenvalue weighted by molar-refractivity contribution is -0.137. The molecule has 88 valence electrons. The summed E-state index contributed by atoms with van der Waals surface area (Å²) in [4.78, 5) is 14.7. The SMILES string of the molecule is COC(=O)CS(=O)(=O)Nc1cccc(Br)n1. The maximum atomic E-state index is 11.4. The molecule has 0 amide bonds. The summed E-state index contributed by atoms with van der Waals surface area (Å²) in [6.45, 7) is 0. The van der Waals surface area contributed by atoms with E-state index in [1.54, 1.807) is 12.1 Å². The van der Waals surface area contributed by atoms with E-state index in [0.717, 1.165) is 7.11 Å². The van der Waals surface area contributed by atoms with Gasteiger partial charge in [0.2, 0.25) is 10.0 Å². The fourth-order valence-corrected chi connectivity index (χ4v) is 2.15. The van der Waals surface area contributed by atoms with Crippen LogP contribution in [0.25, 0.3) is 0 Å². The van der Waals surface area contributed by atoms with Crippen LogP contribution in [0.15, 0.2) is 22.8 Å². The summed E-state index contributed by atoms with van der Waals surface area (Å²) in [5.74, 6) is -1.43. The number of carbonyl (C=O) groups is 1. The Labute approximate surface area is 101 Å². The van der Waals surface area contributed by atoms with Crippen LogP contribution in [-0.4, -0.2) is 32.2 Å². The summed E-state index contributed by atoms with van der Waals surface area (Å²) in [7, 11) is -2.65. The molecule has 0 saturated heterocycles. The Hall–Kier alpha value is -1.15. The summed E-state index contributed by atoms with van der Waals surface area (Å²) in [6, 6.07) is 4.74. The van der Waals surface area contributed by atoms with E-state index in [9.17, 15) is 13.2 Å². The maximum Gasteiger partial charge on any atom is 0.322 e. The third-order valence-electron chi connectivity index (χ3n) is 1.51. The smallest absolute Gasteiger partial charge is 0.322 e. The number of hydrogen-bond donors (Lipinski definition) is 1. The monoisotopic (exact) mass is 308 g/mol. The second kappa shape index (κ2) is 5.26. The van der Waals surface area contributed by atoms with Crippen LogP contribution < -0.4 is 4.72 Å². The molecule has 1 heterocycles. The number of sulfonamides is 1. The van der Waals surface area contributed by atoms with Crippen LogP contribution in [0.1, 0.15) is 0 Å². The maximum absolute atomic E-state index is 11.4. The summed E-state index contributed by atoms with van der Waals surface area (Å²) < 4.78 is 29.7. The van der Waals surface area contributed by atoms with Crippen LogP contribution in [0.3, 0.4) is 0 Å². The van der Waals surface area contributed by atoms with Crippen molar-refractivity contribution >= 4 is 37.7 Å². The van der Waals surface area contributed by atoms with Gasteiger partial charge in [-0.2, -0.15) is 0 Å². The first-order chi connectivity index (χ1) is 7.43. The molecule has 6 nitrogen and oxygen atoms in total. The Morgan fingerprint density at radius 2 is 2.25 bits per heavy atom. The van der Waals surface area contributed by atoms with Crippen LogP contribution in [0.4, 0.5) is 5.82 Å². The number of halogens is 1. The van der Waals surface area contributed by atoms with Gasteiger partial charge in [-0.05, 0) is 28.1 Å². The molecule has 1 aromatic rings. The molecule has 0 bridgehead atoms. The zero-order chi connectivity index (χ0) is 12.2. The van der Waals surface area contributed by atoms with Gasteiger partial charge in [0.05, 0.1) is 7.11 Å². The van der Waals surface area contributed by atoms with Gasteiger partial charge in [0.1, 0.15) is 10.4 Å². The number of nitrogens with zero attached hydrogens (tertiary/aromatic N) is 1. The van der Waals surface area contributed by atoms with Gasteiger partial charge in [-0.1, -0.05) is 6.07 Å². The molecule has 16 heavy (non-hydrogen) atoms. The van der Waals surface area contributed by atoms with E-state index in [1.807, 2.05) is 0 Å². The van der Waals surface area contributed by atoms with Crippen molar-refractivity contribution < 1.29 is 17.9 Å². The van der Waals surface area contributed by atoms with Crippen molar-refractivity contribution in [3.8, 4) is 0 Å². The predicted molar refractivity (Wildman–Crippen MR) is 61.4 cm³/mol. The topological polar surface area (TPSA) is 85.4 Å². The molecule has 0 unspecified atom stereocenters. The largest absolute Gasteiger partial charge is 0.468 e. The number of carbonyl (C=O) groups excluding carboxylic acids is 1. The summed E-state index contributed by atoms with van der Waals surface area (Å²) >= 11 is 3.10. The first kappa shape index (κ1) is 12.9. The van der Waals surface area contributed by atoms with E-state index >= 15 is 0 Å². The third kappa shape index (κ3) is 4.15. The van der Waals surface area contributed by atoms with Crippen molar-refractivity contribution in [1.29, 1.82) is 0 Å². The minimum Gasteiger partial charge on any atom is -0.468 e. The third-order valence-corrected chi connectivity index (χ3v) is 3.09. The van der Waals surface area contributed by atoms with Gasteiger partial charge in [-0.3, -0.25) is 9.52 Å². The minimum atomic E-state index is -3.77. The zero-order valence-electron chi connectivity index (χ0n) is 8.31. The number of methoxy groups -OCH3 is 1. The Kier molecular flexibility index (Phi) is 4.25. The number of rotatable bonds is 4. The summed E-state index contributed by atoms with van der Waals surface area (Å²) in [5.41, 5.74) is 0. The number of anilines is 1. The predicted octanol–water partition coefficient (Wildman–Crippen LogP) is 0.759. The van der Waals surface area contributed by atoms with Crippen molar-refractivity contribution in [3.63, 3.8) is 0 Å². The number of ether oxygens (including phenoxy) is 1. The Morgan fingerprint density at radius 1 is 1.56 bits per heavy atom. The molecule has 1 N–H and O–H groups in total. The fourth-order valence-electron chi connectivity index (χ4n) is 0.875. The molecular formula is C8H9BrN2O4S. The van der Waals surface area contributed by atoms with Crippen molar-refractivity contribution in [2.24, 2.45) is 0 Å². The molecule has 0 aliphatic rings. The van der Waals surface area contributed by atoms with Gasteiger partial charge >= 0.3 is 5.97 Å². The number of nitrogens with one attached hydrogen (secondary N) is 1. The zero-order valence-corrected chi connectivity index (χ0v) is 10.7. The van der Waals surface area contributed by atoms with Gasteiger partial charge in [0.25, 0.3) is 0 Å². The lowest BCUT2D eigenvalue weighted by Gasteiger charge is -2.05. The second-order valence-electron chi connectivity index (χ2n) is 2.78. The minimum absolute atomic E-state index is 0.137. The molecule has 1 rings (SSSR count). The quantitative estimate of drug-likeness (QED) is 0.655. The molecule has 0 saturated carbocycles. The number of esters is 1. The standard InChI is InChI=1S/C8H9BrN2O4S/c1-15-8(12)5-16(13,14)11-7-4-2-3-6(9)10-7/h2-4H,5H2,1H3,(H,10,11). The first-order valence-electron chi connectivity index (χ1n) is 4.13. The molecule has 0 aliphatic carbocycles. The van der Waals surface area contributed by atoms with Crippen molar-refractivity contribution in [3.05, 3.63) is 22.8 Å².